The predicted molar refractivity (Wildman–Crippen MR) is 103 cm³/mol. The Morgan fingerprint density at radius 3 is 2.65 bits per heavy atom. The van der Waals surface area contributed by atoms with E-state index in [1.165, 1.54) is 3.57 Å². The largest absolute Gasteiger partial charge is 0.291 e. The van der Waals surface area contributed by atoms with Crippen molar-refractivity contribution in [2.75, 3.05) is 5.43 Å². The van der Waals surface area contributed by atoms with E-state index in [4.69, 9.17) is 0 Å². The minimum absolute atomic E-state index is 0.0874. The maximum atomic E-state index is 12.1. The van der Waals surface area contributed by atoms with Crippen molar-refractivity contribution in [1.82, 2.24) is 9.97 Å². The molecule has 0 aliphatic carbocycles. The quantitative estimate of drug-likeness (QED) is 0.420. The summed E-state index contributed by atoms with van der Waals surface area (Å²) in [6, 6.07) is 8.08. The molecule has 1 aromatic carbocycles. The van der Waals surface area contributed by atoms with E-state index in [0.717, 1.165) is 41.8 Å². The number of hydrogen-bond acceptors (Lipinski definition) is 4. The Morgan fingerprint density at radius 1 is 1.35 bits per heavy atom. The summed E-state index contributed by atoms with van der Waals surface area (Å²) < 4.78 is 1.18. The highest BCUT2D eigenvalue weighted by Crippen LogP contribution is 2.09. The lowest BCUT2D eigenvalue weighted by molar-refractivity contribution is 0.774. The first-order chi connectivity index (χ1) is 11.0. The number of aryl methyl sites for hydroxylation is 1. The molecule has 0 unspecified atom stereocenters. The molecule has 0 saturated heterocycles. The molecule has 23 heavy (non-hydrogen) atoms. The van der Waals surface area contributed by atoms with Crippen LogP contribution in [0.15, 0.2) is 34.2 Å². The molecule has 1 aromatic heterocycles. The Kier molecular flexibility index (Phi) is 6.32. The van der Waals surface area contributed by atoms with E-state index in [1.807, 2.05) is 38.1 Å². The molecule has 2 rings (SSSR count). The molecule has 0 fully saturated rings. The van der Waals surface area contributed by atoms with Crippen molar-refractivity contribution in [1.29, 1.82) is 0 Å². The van der Waals surface area contributed by atoms with Crippen LogP contribution in [0.4, 0.5) is 5.95 Å². The molecule has 0 aliphatic heterocycles. The van der Waals surface area contributed by atoms with Crippen LogP contribution in [-0.4, -0.2) is 15.7 Å². The number of nitrogens with zero attached hydrogens (tertiary/aromatic N) is 2. The maximum absolute atomic E-state index is 12.1. The lowest BCUT2D eigenvalue weighted by atomic mass is 10.1. The second kappa shape index (κ2) is 8.24. The maximum Gasteiger partial charge on any atom is 0.255 e. The van der Waals surface area contributed by atoms with Gasteiger partial charge in [-0.15, -0.1) is 0 Å². The summed E-state index contributed by atoms with van der Waals surface area (Å²) in [4.78, 5) is 19.3. The number of aromatic nitrogens is 2. The van der Waals surface area contributed by atoms with Gasteiger partial charge >= 0.3 is 0 Å². The summed E-state index contributed by atoms with van der Waals surface area (Å²) in [6.07, 6.45) is 2.80. The molecule has 0 bridgehead atoms. The molecule has 0 radical (unpaired) electrons. The Labute approximate surface area is 149 Å². The molecule has 5 nitrogen and oxygen atoms in total. The zero-order chi connectivity index (χ0) is 16.8. The van der Waals surface area contributed by atoms with E-state index in [0.29, 0.717) is 5.95 Å². The van der Waals surface area contributed by atoms with Crippen LogP contribution < -0.4 is 11.0 Å². The minimum Gasteiger partial charge on any atom is -0.291 e. The van der Waals surface area contributed by atoms with E-state index in [9.17, 15) is 4.79 Å². The Bertz CT molecular complexity index is 750. The van der Waals surface area contributed by atoms with Crippen molar-refractivity contribution < 1.29 is 0 Å². The van der Waals surface area contributed by atoms with E-state index in [1.54, 1.807) is 0 Å². The minimum atomic E-state index is -0.0874. The molecule has 0 aliphatic rings. The monoisotopic (exact) mass is 424 g/mol. The van der Waals surface area contributed by atoms with Gasteiger partial charge in [-0.25, -0.2) is 10.4 Å². The SMILES string of the molecule is CCCCc1c(C)nc(N/N=C(/C)c2ccc(I)cc2)[nH]c1=O. The Morgan fingerprint density at radius 2 is 2.04 bits per heavy atom. The van der Waals surface area contributed by atoms with Crippen molar-refractivity contribution >= 4 is 34.3 Å². The smallest absolute Gasteiger partial charge is 0.255 e. The summed E-state index contributed by atoms with van der Waals surface area (Å²) in [7, 11) is 0. The van der Waals surface area contributed by atoms with Crippen LogP contribution in [0.2, 0.25) is 0 Å². The molecule has 2 aromatic rings. The number of hydrogen-bond donors (Lipinski definition) is 2. The fourth-order valence-corrected chi connectivity index (χ4v) is 2.56. The molecule has 6 heteroatoms. The van der Waals surface area contributed by atoms with E-state index >= 15 is 0 Å². The highest BCUT2D eigenvalue weighted by atomic mass is 127. The number of H-pyrrole nitrogens is 1. The number of anilines is 1. The number of nitrogens with one attached hydrogen (secondary N) is 2. The third-order valence-electron chi connectivity index (χ3n) is 3.59. The van der Waals surface area contributed by atoms with E-state index < -0.39 is 0 Å². The van der Waals surface area contributed by atoms with Crippen LogP contribution in [0.25, 0.3) is 0 Å². The molecule has 122 valence electrons. The molecule has 2 N–H and O–H groups in total. The van der Waals surface area contributed by atoms with Gasteiger partial charge < -0.3 is 0 Å². The third-order valence-corrected chi connectivity index (χ3v) is 4.31. The standard InChI is InChI=1S/C17H21IN4O/c1-4-5-6-15-12(3)19-17(20-16(15)23)22-21-11(2)13-7-9-14(18)10-8-13/h7-10H,4-6H2,1-3H3,(H2,19,20,22,23)/b21-11-. The first kappa shape index (κ1) is 17.7. The fraction of sp³-hybridized carbons (Fsp3) is 0.353. The summed E-state index contributed by atoms with van der Waals surface area (Å²) >= 11 is 2.26. The van der Waals surface area contributed by atoms with Crippen LogP contribution >= 0.6 is 22.6 Å². The summed E-state index contributed by atoms with van der Waals surface area (Å²) in [5, 5.41) is 4.30. The Balaban J connectivity index is 2.15. The van der Waals surface area contributed by atoms with E-state index in [2.05, 4.69) is 50.0 Å². The van der Waals surface area contributed by atoms with Crippen LogP contribution in [0.5, 0.6) is 0 Å². The highest BCUT2D eigenvalue weighted by molar-refractivity contribution is 14.1. The number of benzene rings is 1. The first-order valence-corrected chi connectivity index (χ1v) is 8.75. The predicted octanol–water partition coefficient (Wildman–Crippen LogP) is 3.86. The van der Waals surface area contributed by atoms with Crippen LogP contribution in [0.3, 0.4) is 0 Å². The van der Waals surface area contributed by atoms with Gasteiger partial charge in [0.1, 0.15) is 0 Å². The van der Waals surface area contributed by atoms with Crippen molar-refractivity contribution in [2.45, 2.75) is 40.0 Å². The van der Waals surface area contributed by atoms with Crippen molar-refractivity contribution in [3.63, 3.8) is 0 Å². The van der Waals surface area contributed by atoms with Gasteiger partial charge in [-0.2, -0.15) is 5.10 Å². The van der Waals surface area contributed by atoms with Gasteiger partial charge in [0, 0.05) is 14.8 Å². The lowest BCUT2D eigenvalue weighted by Crippen LogP contribution is -2.18. The molecular weight excluding hydrogens is 403 g/mol. The number of rotatable bonds is 6. The Hall–Kier alpha value is -1.70. The summed E-state index contributed by atoms with van der Waals surface area (Å²) in [5.74, 6) is 0.373. The second-order valence-corrected chi connectivity index (χ2v) is 6.64. The molecule has 0 spiro atoms. The normalized spacial score (nSPS) is 11.6. The highest BCUT2D eigenvalue weighted by Gasteiger charge is 2.07. The van der Waals surface area contributed by atoms with E-state index in [-0.39, 0.29) is 5.56 Å². The molecule has 0 amide bonds. The topological polar surface area (TPSA) is 70.1 Å². The number of unbranched alkanes of at least 4 members (excludes halogenated alkanes) is 1. The average molecular weight is 424 g/mol. The van der Waals surface area contributed by atoms with Crippen LogP contribution in [-0.2, 0) is 6.42 Å². The van der Waals surface area contributed by atoms with Gasteiger partial charge in [0.15, 0.2) is 0 Å². The number of hydrazone groups is 1. The first-order valence-electron chi connectivity index (χ1n) is 7.67. The van der Waals surface area contributed by atoms with Gasteiger partial charge in [0.2, 0.25) is 5.95 Å². The average Bonchev–Trinajstić information content (AvgIpc) is 2.52. The van der Waals surface area contributed by atoms with Gasteiger partial charge in [0.25, 0.3) is 5.56 Å². The number of halogens is 1. The van der Waals surface area contributed by atoms with Gasteiger partial charge in [-0.05, 0) is 67.0 Å². The lowest BCUT2D eigenvalue weighted by Gasteiger charge is -2.07. The molecule has 1 heterocycles. The van der Waals surface area contributed by atoms with Crippen molar-refractivity contribution in [3.05, 3.63) is 55.0 Å². The summed E-state index contributed by atoms with van der Waals surface area (Å²) in [6.45, 7) is 5.88. The zero-order valence-electron chi connectivity index (χ0n) is 13.6. The molecule has 0 saturated carbocycles. The van der Waals surface area contributed by atoms with Crippen LogP contribution in [0.1, 0.15) is 43.5 Å². The molecular formula is C17H21IN4O. The number of aromatic amines is 1. The van der Waals surface area contributed by atoms with Gasteiger partial charge in [0.05, 0.1) is 5.71 Å². The van der Waals surface area contributed by atoms with Gasteiger partial charge in [-0.3, -0.25) is 9.78 Å². The third kappa shape index (κ3) is 4.89. The van der Waals surface area contributed by atoms with Crippen molar-refractivity contribution in [3.8, 4) is 0 Å². The summed E-state index contributed by atoms with van der Waals surface area (Å²) in [5.41, 5.74) is 6.13. The molecule has 0 atom stereocenters. The van der Waals surface area contributed by atoms with Crippen LogP contribution in [0, 0.1) is 10.5 Å². The van der Waals surface area contributed by atoms with Crippen molar-refractivity contribution in [2.24, 2.45) is 5.10 Å². The second-order valence-electron chi connectivity index (χ2n) is 5.40. The van der Waals surface area contributed by atoms with Gasteiger partial charge in [-0.1, -0.05) is 25.5 Å². The fourth-order valence-electron chi connectivity index (χ4n) is 2.20. The zero-order valence-corrected chi connectivity index (χ0v) is 15.8.